The first-order chi connectivity index (χ1) is 9.56. The van der Waals surface area contributed by atoms with E-state index in [2.05, 4.69) is 41.2 Å². The van der Waals surface area contributed by atoms with Crippen LogP contribution < -0.4 is 10.1 Å². The summed E-state index contributed by atoms with van der Waals surface area (Å²) in [6.45, 7) is 5.07. The highest BCUT2D eigenvalue weighted by Gasteiger charge is 2.22. The zero-order valence-electron chi connectivity index (χ0n) is 11.7. The molecule has 2 nitrogen and oxygen atoms in total. The van der Waals surface area contributed by atoms with Gasteiger partial charge in [0.05, 0.1) is 13.2 Å². The molecule has 1 N–H and O–H groups in total. The molecule has 2 aromatic rings. The van der Waals surface area contributed by atoms with Gasteiger partial charge in [-0.2, -0.15) is 0 Å². The number of thiophene rings is 1. The molecule has 2 rings (SSSR count). The Morgan fingerprint density at radius 3 is 2.70 bits per heavy atom. The van der Waals surface area contributed by atoms with Crippen molar-refractivity contribution in [2.24, 2.45) is 0 Å². The Balaban J connectivity index is 2.53. The summed E-state index contributed by atoms with van der Waals surface area (Å²) in [5.41, 5.74) is 1.06. The maximum Gasteiger partial charge on any atom is 0.124 e. The Bertz CT molecular complexity index is 600. The van der Waals surface area contributed by atoms with Crippen LogP contribution in [0.1, 0.15) is 28.3 Å². The number of hydrogen-bond donors (Lipinski definition) is 1. The molecule has 0 radical (unpaired) electrons. The van der Waals surface area contributed by atoms with Gasteiger partial charge in [-0.3, -0.25) is 0 Å². The van der Waals surface area contributed by atoms with Crippen LogP contribution in [0.3, 0.4) is 0 Å². The predicted molar refractivity (Wildman–Crippen MR) is 90.3 cm³/mol. The monoisotopic (exact) mass is 373 g/mol. The lowest BCUT2D eigenvalue weighted by atomic mass is 10.0. The van der Waals surface area contributed by atoms with Crippen LogP contribution in [0, 0.1) is 6.92 Å². The van der Waals surface area contributed by atoms with Crippen molar-refractivity contribution in [3.63, 3.8) is 0 Å². The number of aryl methyl sites for hydroxylation is 1. The van der Waals surface area contributed by atoms with Gasteiger partial charge in [-0.15, -0.1) is 11.3 Å². The number of benzene rings is 1. The average Bonchev–Trinajstić information content (AvgIpc) is 2.75. The topological polar surface area (TPSA) is 21.3 Å². The second-order valence-corrected chi connectivity index (χ2v) is 7.02. The molecule has 0 aliphatic heterocycles. The molecule has 0 fully saturated rings. The maximum atomic E-state index is 6.16. The summed E-state index contributed by atoms with van der Waals surface area (Å²) >= 11 is 11.6. The van der Waals surface area contributed by atoms with Crippen molar-refractivity contribution in [1.29, 1.82) is 0 Å². The van der Waals surface area contributed by atoms with Crippen molar-refractivity contribution in [3.05, 3.63) is 49.1 Å². The molecule has 0 saturated heterocycles. The molecule has 0 spiro atoms. The minimum Gasteiger partial charge on any atom is -0.496 e. The van der Waals surface area contributed by atoms with E-state index in [1.54, 1.807) is 18.4 Å². The lowest BCUT2D eigenvalue weighted by molar-refractivity contribution is 0.404. The van der Waals surface area contributed by atoms with Gasteiger partial charge in [-0.25, -0.2) is 0 Å². The molecule has 1 atom stereocenters. The first-order valence-corrected chi connectivity index (χ1v) is 8.38. The van der Waals surface area contributed by atoms with E-state index < -0.39 is 0 Å². The first kappa shape index (κ1) is 15.8. The highest BCUT2D eigenvalue weighted by Crippen LogP contribution is 2.39. The smallest absolute Gasteiger partial charge is 0.124 e. The Labute approximate surface area is 137 Å². The highest BCUT2D eigenvalue weighted by molar-refractivity contribution is 9.10. The van der Waals surface area contributed by atoms with Crippen molar-refractivity contribution in [1.82, 2.24) is 5.32 Å². The van der Waals surface area contributed by atoms with Gasteiger partial charge >= 0.3 is 0 Å². The van der Waals surface area contributed by atoms with Crippen molar-refractivity contribution < 1.29 is 4.74 Å². The summed E-state index contributed by atoms with van der Waals surface area (Å²) in [6, 6.07) is 7.94. The molecule has 0 aliphatic rings. The Hall–Kier alpha value is -0.550. The molecule has 0 amide bonds. The minimum absolute atomic E-state index is 0.0710. The summed E-state index contributed by atoms with van der Waals surface area (Å²) in [6.07, 6.45) is 0. The molecule has 0 saturated carbocycles. The number of rotatable bonds is 5. The Morgan fingerprint density at radius 1 is 1.40 bits per heavy atom. The summed E-state index contributed by atoms with van der Waals surface area (Å²) in [5, 5.41) is 4.23. The molecule has 20 heavy (non-hydrogen) atoms. The highest BCUT2D eigenvalue weighted by atomic mass is 79.9. The van der Waals surface area contributed by atoms with Gasteiger partial charge < -0.3 is 10.1 Å². The number of halogens is 2. The molecule has 0 bridgehead atoms. The third-order valence-corrected chi connectivity index (χ3v) is 5.28. The van der Waals surface area contributed by atoms with Gasteiger partial charge in [0.25, 0.3) is 0 Å². The summed E-state index contributed by atoms with van der Waals surface area (Å²) < 4.78 is 6.60. The van der Waals surface area contributed by atoms with Crippen LogP contribution in [-0.2, 0) is 0 Å². The standard InChI is InChI=1S/C15H17BrClNOS/c1-4-18-14(15-12(16)7-9(2)20-15)11-8-10(17)5-6-13(11)19-3/h5-8,14,18H,4H2,1-3H3. The van der Waals surface area contributed by atoms with E-state index in [-0.39, 0.29) is 6.04 Å². The Morgan fingerprint density at radius 2 is 2.15 bits per heavy atom. The van der Waals surface area contributed by atoms with E-state index >= 15 is 0 Å². The molecule has 5 heteroatoms. The lowest BCUT2D eigenvalue weighted by Gasteiger charge is -2.20. The second-order valence-electron chi connectivity index (χ2n) is 4.45. The average molecular weight is 375 g/mol. The maximum absolute atomic E-state index is 6.16. The van der Waals surface area contributed by atoms with E-state index in [1.807, 2.05) is 18.2 Å². The van der Waals surface area contributed by atoms with Crippen LogP contribution in [0.25, 0.3) is 0 Å². The van der Waals surface area contributed by atoms with Crippen LogP contribution in [0.4, 0.5) is 0 Å². The summed E-state index contributed by atoms with van der Waals surface area (Å²) in [7, 11) is 1.68. The Kier molecular flexibility index (Phi) is 5.49. The normalized spacial score (nSPS) is 12.4. The molecule has 1 aromatic carbocycles. The van der Waals surface area contributed by atoms with Crippen molar-refractivity contribution in [3.8, 4) is 5.75 Å². The van der Waals surface area contributed by atoms with Gasteiger partial charge in [-0.1, -0.05) is 18.5 Å². The number of hydrogen-bond acceptors (Lipinski definition) is 3. The molecule has 1 heterocycles. The third kappa shape index (κ3) is 3.37. The molecule has 1 unspecified atom stereocenters. The van der Waals surface area contributed by atoms with Gasteiger partial charge in [0.15, 0.2) is 0 Å². The van der Waals surface area contributed by atoms with Crippen molar-refractivity contribution in [2.45, 2.75) is 19.9 Å². The number of nitrogens with one attached hydrogen (secondary N) is 1. The lowest BCUT2D eigenvalue weighted by Crippen LogP contribution is -2.22. The zero-order chi connectivity index (χ0) is 14.7. The fraction of sp³-hybridized carbons (Fsp3) is 0.333. The summed E-state index contributed by atoms with van der Waals surface area (Å²) in [4.78, 5) is 2.51. The van der Waals surface area contributed by atoms with Gasteiger partial charge in [-0.05, 0) is 53.7 Å². The van der Waals surface area contributed by atoms with Crippen LogP contribution in [0.5, 0.6) is 5.75 Å². The molecule has 0 aliphatic carbocycles. The van der Waals surface area contributed by atoms with Crippen LogP contribution in [0.15, 0.2) is 28.7 Å². The van der Waals surface area contributed by atoms with E-state index in [4.69, 9.17) is 16.3 Å². The largest absolute Gasteiger partial charge is 0.496 e. The zero-order valence-corrected chi connectivity index (χ0v) is 14.8. The van der Waals surface area contributed by atoms with E-state index in [1.165, 1.54) is 9.75 Å². The van der Waals surface area contributed by atoms with Crippen LogP contribution in [0.2, 0.25) is 5.02 Å². The van der Waals surface area contributed by atoms with Crippen molar-refractivity contribution in [2.75, 3.05) is 13.7 Å². The van der Waals surface area contributed by atoms with E-state index in [0.29, 0.717) is 5.02 Å². The summed E-state index contributed by atoms with van der Waals surface area (Å²) in [5.74, 6) is 0.846. The van der Waals surface area contributed by atoms with E-state index in [0.717, 1.165) is 22.3 Å². The van der Waals surface area contributed by atoms with Gasteiger partial charge in [0.1, 0.15) is 5.75 Å². The molecular weight excluding hydrogens is 358 g/mol. The minimum atomic E-state index is 0.0710. The SMILES string of the molecule is CCNC(c1cc(Cl)ccc1OC)c1sc(C)cc1Br. The van der Waals surface area contributed by atoms with Gasteiger partial charge in [0.2, 0.25) is 0 Å². The quantitative estimate of drug-likeness (QED) is 0.778. The van der Waals surface area contributed by atoms with Crippen molar-refractivity contribution >= 4 is 38.9 Å². The first-order valence-electron chi connectivity index (χ1n) is 6.39. The molecule has 108 valence electrons. The number of methoxy groups -OCH3 is 1. The third-order valence-electron chi connectivity index (χ3n) is 3.01. The molecule has 1 aromatic heterocycles. The van der Waals surface area contributed by atoms with E-state index in [9.17, 15) is 0 Å². The van der Waals surface area contributed by atoms with Crippen LogP contribution in [-0.4, -0.2) is 13.7 Å². The molecular formula is C15H17BrClNOS. The second kappa shape index (κ2) is 6.94. The fourth-order valence-corrected chi connectivity index (χ4v) is 4.33. The van der Waals surface area contributed by atoms with Gasteiger partial charge in [0, 0.05) is 24.8 Å². The fourth-order valence-electron chi connectivity index (χ4n) is 2.18. The van der Waals surface area contributed by atoms with Crippen LogP contribution >= 0.6 is 38.9 Å². The number of ether oxygens (including phenoxy) is 1. The predicted octanol–water partition coefficient (Wildman–Crippen LogP) is 5.18.